The maximum atomic E-state index is 2.46. The fraction of sp³-hybridized carbons (Fsp3) is 0. The minimum absolute atomic E-state index is 1.10. The van der Waals surface area contributed by atoms with Crippen molar-refractivity contribution in [1.29, 1.82) is 0 Å². The molecule has 3 heteroatoms. The van der Waals surface area contributed by atoms with Gasteiger partial charge in [0, 0.05) is 48.7 Å². The van der Waals surface area contributed by atoms with Crippen molar-refractivity contribution in [2.24, 2.45) is 0 Å². The molecule has 2 heterocycles. The number of thiophene rings is 1. The lowest BCUT2D eigenvalue weighted by atomic mass is 9.97. The summed E-state index contributed by atoms with van der Waals surface area (Å²) in [6, 6.07) is 84.2. The first kappa shape index (κ1) is 35.2. The van der Waals surface area contributed by atoms with E-state index in [9.17, 15) is 0 Å². The zero-order valence-electron chi connectivity index (χ0n) is 33.2. The van der Waals surface area contributed by atoms with Crippen LogP contribution in [-0.4, -0.2) is 4.57 Å². The van der Waals surface area contributed by atoms with E-state index in [0.29, 0.717) is 0 Å². The molecule has 2 nitrogen and oxygen atoms in total. The number of hydrogen-bond acceptors (Lipinski definition) is 2. The van der Waals surface area contributed by atoms with Gasteiger partial charge in [0.2, 0.25) is 0 Å². The summed E-state index contributed by atoms with van der Waals surface area (Å²) in [7, 11) is 0. The maximum Gasteiger partial charge on any atom is 0.0640 e. The Labute approximate surface area is 358 Å². The van der Waals surface area contributed by atoms with E-state index >= 15 is 0 Å². The first-order chi connectivity index (χ1) is 30.2. The number of nitrogens with zero attached hydrogens (tertiary/aromatic N) is 2. The van der Waals surface area contributed by atoms with Gasteiger partial charge in [0.1, 0.15) is 0 Å². The second-order valence-corrected chi connectivity index (χ2v) is 16.8. The maximum absolute atomic E-state index is 2.46. The molecular weight excluding hydrogens is 757 g/mol. The quantitative estimate of drug-likeness (QED) is 0.156. The van der Waals surface area contributed by atoms with Gasteiger partial charge in [0.25, 0.3) is 0 Å². The molecule has 2 aromatic heterocycles. The van der Waals surface area contributed by atoms with Gasteiger partial charge in [-0.05, 0) is 99.4 Å². The Morgan fingerprint density at radius 1 is 0.344 bits per heavy atom. The molecule has 10 aromatic carbocycles. The van der Waals surface area contributed by atoms with Crippen molar-refractivity contribution in [3.63, 3.8) is 0 Å². The van der Waals surface area contributed by atoms with E-state index in [-0.39, 0.29) is 0 Å². The number of hydrogen-bond donors (Lipinski definition) is 0. The number of aromatic nitrogens is 1. The molecule has 0 amide bonds. The molecular formula is C58H38N2S. The Hall–Kier alpha value is -7.72. The third-order valence-corrected chi connectivity index (χ3v) is 13.3. The van der Waals surface area contributed by atoms with E-state index in [2.05, 4.69) is 240 Å². The zero-order valence-corrected chi connectivity index (χ0v) is 34.1. The minimum atomic E-state index is 1.10. The topological polar surface area (TPSA) is 8.17 Å². The summed E-state index contributed by atoms with van der Waals surface area (Å²) in [6.07, 6.45) is 0. The van der Waals surface area contributed by atoms with E-state index in [1.54, 1.807) is 0 Å². The summed E-state index contributed by atoms with van der Waals surface area (Å²) in [5.41, 5.74) is 14.1. The van der Waals surface area contributed by atoms with Gasteiger partial charge in [-0.3, -0.25) is 0 Å². The fourth-order valence-electron chi connectivity index (χ4n) is 9.28. The molecule has 0 unspecified atom stereocenters. The first-order valence-corrected chi connectivity index (χ1v) is 21.6. The van der Waals surface area contributed by atoms with Crippen LogP contribution < -0.4 is 4.90 Å². The number of anilines is 3. The lowest BCUT2D eigenvalue weighted by Gasteiger charge is -2.27. The van der Waals surface area contributed by atoms with Crippen molar-refractivity contribution in [3.05, 3.63) is 231 Å². The van der Waals surface area contributed by atoms with Crippen LogP contribution in [0.15, 0.2) is 231 Å². The number of benzene rings is 10. The largest absolute Gasteiger partial charge is 0.309 e. The van der Waals surface area contributed by atoms with Gasteiger partial charge >= 0.3 is 0 Å². The van der Waals surface area contributed by atoms with Crippen LogP contribution in [0, 0.1) is 0 Å². The predicted octanol–water partition coefficient (Wildman–Crippen LogP) is 16.8. The van der Waals surface area contributed by atoms with Crippen LogP contribution in [-0.2, 0) is 0 Å². The molecule has 0 aliphatic rings. The molecule has 0 aliphatic heterocycles. The summed E-state index contributed by atoms with van der Waals surface area (Å²) in [6.45, 7) is 0. The molecule has 0 fully saturated rings. The van der Waals surface area contributed by atoms with Crippen LogP contribution in [0.3, 0.4) is 0 Å². The Bertz CT molecular complexity index is 3510. The van der Waals surface area contributed by atoms with Crippen LogP contribution in [0.2, 0.25) is 0 Å². The van der Waals surface area contributed by atoms with Crippen molar-refractivity contribution in [1.82, 2.24) is 4.57 Å². The van der Waals surface area contributed by atoms with Gasteiger partial charge in [0.05, 0.1) is 21.4 Å². The normalized spacial score (nSPS) is 11.6. The third-order valence-electron chi connectivity index (χ3n) is 12.1. The molecule has 286 valence electrons. The van der Waals surface area contributed by atoms with Gasteiger partial charge in [-0.15, -0.1) is 11.3 Å². The molecule has 0 saturated carbocycles. The minimum Gasteiger partial charge on any atom is -0.309 e. The summed E-state index contributed by atoms with van der Waals surface area (Å²) >= 11 is 1.87. The van der Waals surface area contributed by atoms with Crippen LogP contribution in [0.4, 0.5) is 17.1 Å². The van der Waals surface area contributed by atoms with Crippen molar-refractivity contribution < 1.29 is 0 Å². The molecule has 0 bridgehead atoms. The van der Waals surface area contributed by atoms with Crippen molar-refractivity contribution >= 4 is 81.1 Å². The molecule has 12 rings (SSSR count). The molecule has 61 heavy (non-hydrogen) atoms. The Morgan fingerprint density at radius 2 is 0.934 bits per heavy atom. The number of fused-ring (bicyclic) bond motifs is 8. The molecule has 12 aromatic rings. The fourth-order valence-corrected chi connectivity index (χ4v) is 10.5. The smallest absolute Gasteiger partial charge is 0.0640 e. The highest BCUT2D eigenvalue weighted by Gasteiger charge is 2.21. The van der Waals surface area contributed by atoms with Crippen LogP contribution in [0.25, 0.3) is 91.8 Å². The third kappa shape index (κ3) is 6.01. The molecule has 0 saturated heterocycles. The number of para-hydroxylation sites is 1. The van der Waals surface area contributed by atoms with Gasteiger partial charge in [0.15, 0.2) is 0 Å². The Morgan fingerprint density at radius 3 is 1.67 bits per heavy atom. The van der Waals surface area contributed by atoms with Gasteiger partial charge in [-0.2, -0.15) is 0 Å². The Balaban J connectivity index is 1.05. The van der Waals surface area contributed by atoms with Crippen molar-refractivity contribution in [3.8, 4) is 39.1 Å². The van der Waals surface area contributed by atoms with Crippen molar-refractivity contribution in [2.75, 3.05) is 4.90 Å². The van der Waals surface area contributed by atoms with E-state index in [1.807, 2.05) is 11.3 Å². The highest BCUT2D eigenvalue weighted by atomic mass is 32.1. The van der Waals surface area contributed by atoms with Gasteiger partial charge < -0.3 is 9.47 Å². The van der Waals surface area contributed by atoms with Crippen LogP contribution >= 0.6 is 11.3 Å². The Kier molecular flexibility index (Phi) is 8.39. The number of rotatable bonds is 7. The monoisotopic (exact) mass is 794 g/mol. The highest BCUT2D eigenvalue weighted by molar-refractivity contribution is 7.26. The second-order valence-electron chi connectivity index (χ2n) is 15.7. The van der Waals surface area contributed by atoms with E-state index < -0.39 is 0 Å². The summed E-state index contributed by atoms with van der Waals surface area (Å²) in [5.74, 6) is 0. The van der Waals surface area contributed by atoms with E-state index in [0.717, 1.165) is 22.7 Å². The second kappa shape index (κ2) is 14.5. The van der Waals surface area contributed by atoms with E-state index in [1.165, 1.54) is 86.1 Å². The van der Waals surface area contributed by atoms with Crippen molar-refractivity contribution in [2.45, 2.75) is 0 Å². The van der Waals surface area contributed by atoms with E-state index in [4.69, 9.17) is 0 Å². The van der Waals surface area contributed by atoms with Crippen LogP contribution in [0.1, 0.15) is 0 Å². The average Bonchev–Trinajstić information content (AvgIpc) is 3.89. The first-order valence-electron chi connectivity index (χ1n) is 20.8. The van der Waals surface area contributed by atoms with Gasteiger partial charge in [-0.25, -0.2) is 0 Å². The molecule has 0 radical (unpaired) electrons. The average molecular weight is 795 g/mol. The lowest BCUT2D eigenvalue weighted by molar-refractivity contribution is 1.19. The standard InChI is InChI=1S/C58H38N2S/c1-4-15-39(16-5-1)44-35-45(40-17-6-2-7-18-40)37-48(36-44)59(54-25-14-24-53-51-23-12-13-26-56(51)61-58(53)54)47-31-27-41(28-32-47)43-30-33-50-52-34-29-42-19-10-11-22-49(42)57(52)60(55(50)38-43)46-20-8-3-9-21-46/h1-38H. The predicted molar refractivity (Wildman–Crippen MR) is 262 cm³/mol. The summed E-state index contributed by atoms with van der Waals surface area (Å²) in [4.78, 5) is 2.46. The van der Waals surface area contributed by atoms with Gasteiger partial charge in [-0.1, -0.05) is 170 Å². The zero-order chi connectivity index (χ0) is 40.3. The lowest BCUT2D eigenvalue weighted by Crippen LogP contribution is -2.10. The SMILES string of the molecule is c1ccc(-c2cc(-c3ccccc3)cc(N(c3ccc(-c4ccc5c6ccc7ccccc7c6n(-c6ccccc6)c5c4)cc3)c3cccc4c3sc3ccccc34)c2)cc1. The highest BCUT2D eigenvalue weighted by Crippen LogP contribution is 2.47. The summed E-state index contributed by atoms with van der Waals surface area (Å²) in [5, 5.41) is 7.58. The molecule has 0 aliphatic carbocycles. The molecule has 0 spiro atoms. The summed E-state index contributed by atoms with van der Waals surface area (Å²) < 4.78 is 5.01. The van der Waals surface area contributed by atoms with Crippen LogP contribution in [0.5, 0.6) is 0 Å². The molecule has 0 atom stereocenters. The molecule has 0 N–H and O–H groups in total.